The van der Waals surface area contributed by atoms with Gasteiger partial charge in [0.25, 0.3) is 0 Å². The number of amides is 1. The van der Waals surface area contributed by atoms with Gasteiger partial charge in [-0.1, -0.05) is 20.8 Å². The van der Waals surface area contributed by atoms with Crippen LogP contribution in [0.3, 0.4) is 0 Å². The molecule has 0 radical (unpaired) electrons. The highest BCUT2D eigenvalue weighted by molar-refractivity contribution is 7.92. The summed E-state index contributed by atoms with van der Waals surface area (Å²) in [6, 6.07) is -0.367. The van der Waals surface area contributed by atoms with Crippen molar-refractivity contribution in [2.24, 2.45) is 5.73 Å². The highest BCUT2D eigenvalue weighted by atomic mass is 32.2. The lowest BCUT2D eigenvalue weighted by Gasteiger charge is -2.19. The van der Waals surface area contributed by atoms with Crippen LogP contribution in [0.4, 0.5) is 0 Å². The molecule has 0 bridgehead atoms. The summed E-state index contributed by atoms with van der Waals surface area (Å²) in [6.07, 6.45) is 2.17. The third kappa shape index (κ3) is 5.35. The van der Waals surface area contributed by atoms with E-state index in [2.05, 4.69) is 5.32 Å². The molecule has 0 aromatic heterocycles. The zero-order chi connectivity index (χ0) is 14.3. The fraction of sp³-hybridized carbons (Fsp3) is 0.917. The maximum atomic E-state index is 12.0. The Kier molecular flexibility index (Phi) is 7.47. The number of sulfone groups is 1. The van der Waals surface area contributed by atoms with E-state index >= 15 is 0 Å². The lowest BCUT2D eigenvalue weighted by Crippen LogP contribution is -2.45. The molecule has 0 fully saturated rings. The molecule has 5 nitrogen and oxygen atoms in total. The standard InChI is InChI=1S/C12H26N2O3S/c1-5-10(13)8-18(16,17)9(4)12(15)14-11(6-2)7-3/h9-11H,5-8,13H2,1-4H3,(H,14,15). The van der Waals surface area contributed by atoms with Crippen molar-refractivity contribution in [3.05, 3.63) is 0 Å². The molecule has 2 atom stereocenters. The molecular weight excluding hydrogens is 252 g/mol. The number of nitrogens with two attached hydrogens (primary N) is 1. The van der Waals surface area contributed by atoms with Crippen LogP contribution in [0.15, 0.2) is 0 Å². The first-order valence-corrected chi connectivity index (χ1v) is 8.27. The topological polar surface area (TPSA) is 89.3 Å². The van der Waals surface area contributed by atoms with Crippen LogP contribution in [-0.2, 0) is 14.6 Å². The lowest BCUT2D eigenvalue weighted by atomic mass is 10.2. The minimum absolute atomic E-state index is 0.0370. The van der Waals surface area contributed by atoms with Crippen LogP contribution in [-0.4, -0.2) is 37.4 Å². The van der Waals surface area contributed by atoms with Gasteiger partial charge in [0.1, 0.15) is 5.25 Å². The van der Waals surface area contributed by atoms with Crippen molar-refractivity contribution in [2.45, 2.75) is 64.3 Å². The number of rotatable bonds is 8. The van der Waals surface area contributed by atoms with E-state index in [0.717, 1.165) is 12.8 Å². The van der Waals surface area contributed by atoms with E-state index in [4.69, 9.17) is 5.73 Å². The molecule has 0 aromatic rings. The van der Waals surface area contributed by atoms with Crippen LogP contribution in [0.25, 0.3) is 0 Å². The molecule has 0 spiro atoms. The molecule has 0 aliphatic carbocycles. The molecule has 0 aromatic carbocycles. The molecule has 6 heteroatoms. The highest BCUT2D eigenvalue weighted by Crippen LogP contribution is 2.07. The molecule has 0 heterocycles. The van der Waals surface area contributed by atoms with Crippen LogP contribution in [0.5, 0.6) is 0 Å². The molecule has 0 aliphatic heterocycles. The molecule has 0 saturated carbocycles. The van der Waals surface area contributed by atoms with Crippen LogP contribution >= 0.6 is 0 Å². The largest absolute Gasteiger partial charge is 0.352 e. The SMILES string of the molecule is CCC(N)CS(=O)(=O)C(C)C(=O)NC(CC)CC. The Hall–Kier alpha value is -0.620. The van der Waals surface area contributed by atoms with Crippen LogP contribution in [0, 0.1) is 0 Å². The molecule has 108 valence electrons. The van der Waals surface area contributed by atoms with E-state index in [1.165, 1.54) is 6.92 Å². The fourth-order valence-corrected chi connectivity index (χ4v) is 3.05. The van der Waals surface area contributed by atoms with Gasteiger partial charge in [0.05, 0.1) is 5.75 Å². The van der Waals surface area contributed by atoms with E-state index in [9.17, 15) is 13.2 Å². The van der Waals surface area contributed by atoms with Crippen molar-refractivity contribution >= 4 is 15.7 Å². The number of hydrogen-bond acceptors (Lipinski definition) is 4. The van der Waals surface area contributed by atoms with Gasteiger partial charge in [0.2, 0.25) is 5.91 Å². The van der Waals surface area contributed by atoms with Crippen molar-refractivity contribution in [1.29, 1.82) is 0 Å². The van der Waals surface area contributed by atoms with Crippen molar-refractivity contribution in [3.8, 4) is 0 Å². The van der Waals surface area contributed by atoms with Gasteiger partial charge >= 0.3 is 0 Å². The minimum Gasteiger partial charge on any atom is -0.352 e. The monoisotopic (exact) mass is 278 g/mol. The summed E-state index contributed by atoms with van der Waals surface area (Å²) >= 11 is 0. The summed E-state index contributed by atoms with van der Waals surface area (Å²) in [7, 11) is -3.47. The number of carbonyl (C=O) groups is 1. The number of nitrogens with one attached hydrogen (secondary N) is 1. The lowest BCUT2D eigenvalue weighted by molar-refractivity contribution is -0.121. The molecule has 0 saturated heterocycles. The smallest absolute Gasteiger partial charge is 0.238 e. The van der Waals surface area contributed by atoms with Gasteiger partial charge in [0, 0.05) is 12.1 Å². The van der Waals surface area contributed by atoms with Gasteiger partial charge in [-0.05, 0) is 26.2 Å². The first kappa shape index (κ1) is 17.4. The predicted molar refractivity (Wildman–Crippen MR) is 74.0 cm³/mol. The quantitative estimate of drug-likeness (QED) is 0.688. The summed E-state index contributed by atoms with van der Waals surface area (Å²) in [4.78, 5) is 11.9. The van der Waals surface area contributed by atoms with Crippen molar-refractivity contribution in [1.82, 2.24) is 5.32 Å². The molecule has 18 heavy (non-hydrogen) atoms. The van der Waals surface area contributed by atoms with Gasteiger partial charge in [-0.3, -0.25) is 4.79 Å². The Bertz CT molecular complexity index is 350. The second-order valence-electron chi connectivity index (χ2n) is 4.66. The van der Waals surface area contributed by atoms with E-state index in [-0.39, 0.29) is 11.8 Å². The normalized spacial score (nSPS) is 15.4. The van der Waals surface area contributed by atoms with Gasteiger partial charge in [0.15, 0.2) is 9.84 Å². The Morgan fingerprint density at radius 2 is 1.67 bits per heavy atom. The molecule has 3 N–H and O–H groups in total. The Balaban J connectivity index is 4.62. The van der Waals surface area contributed by atoms with Crippen LogP contribution in [0.2, 0.25) is 0 Å². The van der Waals surface area contributed by atoms with Gasteiger partial charge in [-0.15, -0.1) is 0 Å². The third-order valence-corrected chi connectivity index (χ3v) is 5.39. The maximum Gasteiger partial charge on any atom is 0.238 e. The van der Waals surface area contributed by atoms with E-state index in [1.54, 1.807) is 0 Å². The van der Waals surface area contributed by atoms with E-state index < -0.39 is 27.0 Å². The molecule has 1 amide bonds. The second kappa shape index (κ2) is 7.74. The van der Waals surface area contributed by atoms with Gasteiger partial charge in [-0.2, -0.15) is 0 Å². The van der Waals surface area contributed by atoms with E-state index in [0.29, 0.717) is 6.42 Å². The first-order chi connectivity index (χ1) is 8.28. The fourth-order valence-electron chi connectivity index (χ4n) is 1.53. The van der Waals surface area contributed by atoms with Crippen LogP contribution < -0.4 is 11.1 Å². The minimum atomic E-state index is -3.47. The zero-order valence-corrected chi connectivity index (χ0v) is 12.6. The highest BCUT2D eigenvalue weighted by Gasteiger charge is 2.29. The molecule has 0 rings (SSSR count). The van der Waals surface area contributed by atoms with Gasteiger partial charge in [-0.25, -0.2) is 8.42 Å². The summed E-state index contributed by atoms with van der Waals surface area (Å²) in [6.45, 7) is 7.17. The average molecular weight is 278 g/mol. The summed E-state index contributed by atoms with van der Waals surface area (Å²) in [5, 5.41) is 1.72. The average Bonchev–Trinajstić information content (AvgIpc) is 2.33. The van der Waals surface area contributed by atoms with Crippen molar-refractivity contribution < 1.29 is 13.2 Å². The van der Waals surface area contributed by atoms with Crippen molar-refractivity contribution in [3.63, 3.8) is 0 Å². The Morgan fingerprint density at radius 1 is 1.17 bits per heavy atom. The molecule has 2 unspecified atom stereocenters. The predicted octanol–water partition coefficient (Wildman–Crippen LogP) is 0.832. The van der Waals surface area contributed by atoms with Crippen LogP contribution in [0.1, 0.15) is 47.0 Å². The Labute approximate surface area is 110 Å². The second-order valence-corrected chi connectivity index (χ2v) is 7.03. The molecular formula is C12H26N2O3S. The number of carbonyl (C=O) groups excluding carboxylic acids is 1. The number of hydrogen-bond donors (Lipinski definition) is 2. The third-order valence-electron chi connectivity index (χ3n) is 3.21. The summed E-state index contributed by atoms with van der Waals surface area (Å²) in [5.41, 5.74) is 5.64. The first-order valence-electron chi connectivity index (χ1n) is 6.55. The summed E-state index contributed by atoms with van der Waals surface area (Å²) in [5.74, 6) is -0.562. The van der Waals surface area contributed by atoms with Crippen molar-refractivity contribution in [2.75, 3.05) is 5.75 Å². The van der Waals surface area contributed by atoms with E-state index in [1.807, 2.05) is 20.8 Å². The van der Waals surface area contributed by atoms with Gasteiger partial charge < -0.3 is 11.1 Å². The Morgan fingerprint density at radius 3 is 2.06 bits per heavy atom. The zero-order valence-electron chi connectivity index (χ0n) is 11.8. The summed E-state index contributed by atoms with van der Waals surface area (Å²) < 4.78 is 23.9. The molecule has 0 aliphatic rings. The maximum absolute atomic E-state index is 12.0.